The van der Waals surface area contributed by atoms with Gasteiger partial charge in [0.1, 0.15) is 11.6 Å². The molecule has 7 rings (SSSR count). The molecule has 480 valence electrons. The smallest absolute Gasteiger partial charge is 0.123 e. The summed E-state index contributed by atoms with van der Waals surface area (Å²) < 4.78 is 28.6. The minimum Gasteiger partial charge on any atom is -0.497 e. The molecule has 0 heterocycles. The van der Waals surface area contributed by atoms with Gasteiger partial charge in [-0.1, -0.05) is 335 Å². The van der Waals surface area contributed by atoms with Crippen LogP contribution in [0.1, 0.15) is 217 Å². The first-order chi connectivity index (χ1) is 40.0. The van der Waals surface area contributed by atoms with Crippen molar-refractivity contribution in [3.05, 3.63) is 245 Å². The van der Waals surface area contributed by atoms with Crippen LogP contribution in [-0.2, 0) is 34.2 Å². The second-order valence-electron chi connectivity index (χ2n) is 31.4. The molecule has 0 aliphatic rings. The third-order valence-corrected chi connectivity index (χ3v) is 14.7. The van der Waals surface area contributed by atoms with Crippen LogP contribution >= 0.6 is 0 Å². The largest absolute Gasteiger partial charge is 0.497 e. The van der Waals surface area contributed by atoms with Crippen molar-refractivity contribution in [3.8, 4) is 5.75 Å². The molecular weight excluding hydrogens is 1070 g/mol. The summed E-state index contributed by atoms with van der Waals surface area (Å²) in [5.74, 6) is 0.769. The van der Waals surface area contributed by atoms with Crippen molar-refractivity contribution < 1.29 is 23.7 Å². The third-order valence-electron chi connectivity index (χ3n) is 14.7. The average molecular weight is 1190 g/mol. The van der Waals surface area contributed by atoms with Crippen LogP contribution in [0.25, 0.3) is 0 Å². The average Bonchev–Trinajstić information content (AvgIpc) is 2.02. The van der Waals surface area contributed by atoms with E-state index in [0.717, 1.165) is 30.6 Å². The Kier molecular flexibility index (Phi) is 33.3. The fraction of sp³-hybridized carbons (Fsp3) is 0.488. The van der Waals surface area contributed by atoms with E-state index in [2.05, 4.69) is 236 Å². The summed E-state index contributed by atoms with van der Waals surface area (Å²) in [7, 11) is 5.23. The van der Waals surface area contributed by atoms with Crippen molar-refractivity contribution in [2.75, 3.05) is 21.3 Å². The molecule has 0 saturated carbocycles. The highest BCUT2D eigenvalue weighted by Crippen LogP contribution is 2.41. The predicted molar refractivity (Wildman–Crippen MR) is 376 cm³/mol. The summed E-state index contributed by atoms with van der Waals surface area (Å²) in [6.07, 6.45) is 3.24. The summed E-state index contributed by atoms with van der Waals surface area (Å²) in [6.45, 7) is 50.8. The maximum Gasteiger partial charge on any atom is 0.123 e. The zero-order valence-electron chi connectivity index (χ0n) is 59.5. The highest BCUT2D eigenvalue weighted by Gasteiger charge is 2.34. The number of aliphatic hydroxyl groups excluding tert-OH is 1. The number of methoxy groups -OCH3 is 3. The highest BCUT2D eigenvalue weighted by molar-refractivity contribution is 5.28. The lowest BCUT2D eigenvalue weighted by atomic mass is 9.65. The van der Waals surface area contributed by atoms with Gasteiger partial charge in [-0.05, 0) is 126 Å². The molecule has 4 nitrogen and oxygen atoms in total. The lowest BCUT2D eigenvalue weighted by Crippen LogP contribution is -2.33. The van der Waals surface area contributed by atoms with Crippen molar-refractivity contribution in [1.82, 2.24) is 0 Å². The van der Waals surface area contributed by atoms with Crippen LogP contribution in [0.4, 0.5) is 4.39 Å². The quantitative estimate of drug-likeness (QED) is 0.148. The number of hydrogen-bond acceptors (Lipinski definition) is 4. The third kappa shape index (κ3) is 33.9. The molecule has 3 atom stereocenters. The Morgan fingerprint density at radius 1 is 0.333 bits per heavy atom. The first-order valence-corrected chi connectivity index (χ1v) is 31.4. The molecule has 87 heavy (non-hydrogen) atoms. The van der Waals surface area contributed by atoms with Crippen LogP contribution in [0, 0.1) is 43.7 Å². The number of aliphatic hydroxyl groups is 1. The van der Waals surface area contributed by atoms with Crippen LogP contribution < -0.4 is 4.74 Å². The van der Waals surface area contributed by atoms with Crippen LogP contribution in [0.2, 0.25) is 0 Å². The Bertz CT molecular complexity index is 2760. The molecule has 0 radical (unpaired) electrons. The summed E-state index contributed by atoms with van der Waals surface area (Å²) in [5, 5.41) is 9.86. The van der Waals surface area contributed by atoms with E-state index in [1.807, 2.05) is 112 Å². The van der Waals surface area contributed by atoms with Crippen molar-refractivity contribution in [2.45, 2.75) is 202 Å². The minimum atomic E-state index is -0.376. The van der Waals surface area contributed by atoms with E-state index in [9.17, 15) is 9.50 Å². The fourth-order valence-corrected chi connectivity index (χ4v) is 9.44. The normalized spacial score (nSPS) is 12.9. The zero-order chi connectivity index (χ0) is 66.5. The van der Waals surface area contributed by atoms with Gasteiger partial charge >= 0.3 is 0 Å². The van der Waals surface area contributed by atoms with E-state index in [-0.39, 0.29) is 51.2 Å². The predicted octanol–water partition coefficient (Wildman–Crippen LogP) is 23.6. The summed E-state index contributed by atoms with van der Waals surface area (Å²) in [4.78, 5) is 0. The van der Waals surface area contributed by atoms with E-state index in [4.69, 9.17) is 14.2 Å². The van der Waals surface area contributed by atoms with E-state index >= 15 is 0 Å². The number of ether oxygens (including phenoxy) is 3. The maximum atomic E-state index is 12.5. The second kappa shape index (κ2) is 36.6. The van der Waals surface area contributed by atoms with Crippen LogP contribution in [0.3, 0.4) is 0 Å². The van der Waals surface area contributed by atoms with Crippen molar-refractivity contribution >= 4 is 0 Å². The molecule has 0 aliphatic carbocycles. The summed E-state index contributed by atoms with van der Waals surface area (Å²) >= 11 is 0. The van der Waals surface area contributed by atoms with E-state index in [0.29, 0.717) is 16.2 Å². The van der Waals surface area contributed by atoms with Crippen molar-refractivity contribution in [3.63, 3.8) is 0 Å². The van der Waals surface area contributed by atoms with Gasteiger partial charge in [-0.2, -0.15) is 0 Å². The molecule has 0 fully saturated rings. The molecule has 0 unspecified atom stereocenters. The molecule has 1 N–H and O–H groups in total. The van der Waals surface area contributed by atoms with E-state index in [1.54, 1.807) is 21.3 Å². The first-order valence-electron chi connectivity index (χ1n) is 31.4. The molecule has 7 aromatic rings. The molecule has 0 spiro atoms. The lowest BCUT2D eigenvalue weighted by Gasteiger charge is -2.39. The van der Waals surface area contributed by atoms with E-state index < -0.39 is 0 Å². The molecule has 0 amide bonds. The molecule has 7 aromatic carbocycles. The molecule has 0 aliphatic heterocycles. The Labute approximate surface area is 533 Å². The molecule has 0 bridgehead atoms. The van der Waals surface area contributed by atoms with Gasteiger partial charge in [0.05, 0.1) is 25.4 Å². The Morgan fingerprint density at radius 2 is 0.609 bits per heavy atom. The van der Waals surface area contributed by atoms with Gasteiger partial charge in [0.2, 0.25) is 0 Å². The highest BCUT2D eigenvalue weighted by atomic mass is 19.1. The number of hydrogen-bond donors (Lipinski definition) is 1. The molecular formula is C82H121FO4. The zero-order valence-corrected chi connectivity index (χ0v) is 59.5. The van der Waals surface area contributed by atoms with E-state index in [1.165, 1.54) is 45.5 Å². The van der Waals surface area contributed by atoms with Gasteiger partial charge in [0.25, 0.3) is 0 Å². The lowest BCUT2D eigenvalue weighted by molar-refractivity contribution is 0.0152. The van der Waals surface area contributed by atoms with Gasteiger partial charge in [0, 0.05) is 14.2 Å². The monoisotopic (exact) mass is 1190 g/mol. The standard InChI is InChI=1S/C13H20.3C12H18O.C11H15F.C11H16O.C11H16/c1-12(2,3)13(4,5)11-9-7-6-8-10-11;1-12(2,3)9-10-5-7-11(13-4)8-6-10;2*1-12(2,3)11(13-4)10-8-6-5-7-9-10;1-11(2,3)8-9-4-6-10(12)7-5-9;1-11(2,3)10(12)9-7-5-4-6-8-9;1-11(2,3)9-10-7-5-4-6-8-10/h6-10H,1-5H3;5-8H,9H2,1-4H3;2*5-9,11H,1-4H3;4-7H,8H2,1-3H3;4-8,10,12H,1-3H3;4-8H,9H2,1-3H3/t;;2*11-;;10-;/m..10.0./s1. The van der Waals surface area contributed by atoms with Gasteiger partial charge in [-0.15, -0.1) is 0 Å². The summed E-state index contributed by atoms with van der Waals surface area (Å²) in [6, 6.07) is 66.8. The van der Waals surface area contributed by atoms with Crippen molar-refractivity contribution in [1.29, 1.82) is 0 Å². The SMILES string of the molecule is CC(C)(C)C(C)(C)c1ccccc1.CC(C)(C)Cc1ccc(F)cc1.CC(C)(C)Cc1ccccc1.CC(C)(C)[C@@H](O)c1ccccc1.CO[C@@H](c1ccccc1)C(C)(C)C.CO[C@H](c1ccccc1)C(C)(C)C.COc1ccc(CC(C)(C)C)cc1. The number of benzene rings is 7. The molecule has 0 saturated heterocycles. The van der Waals surface area contributed by atoms with Crippen LogP contribution in [0.5, 0.6) is 5.75 Å². The molecule has 0 aromatic heterocycles. The Hall–Kier alpha value is -5.85. The van der Waals surface area contributed by atoms with Gasteiger partial charge in [0.15, 0.2) is 0 Å². The van der Waals surface area contributed by atoms with Gasteiger partial charge in [-0.3, -0.25) is 0 Å². The molecule has 5 heteroatoms. The van der Waals surface area contributed by atoms with Gasteiger partial charge < -0.3 is 19.3 Å². The maximum absolute atomic E-state index is 12.5. The topological polar surface area (TPSA) is 47.9 Å². The Morgan fingerprint density at radius 3 is 0.874 bits per heavy atom. The first kappa shape index (κ1) is 79.2. The fourth-order valence-electron chi connectivity index (χ4n) is 9.44. The Balaban J connectivity index is 0.000000508. The minimum absolute atomic E-state index is 0.0820. The second-order valence-corrected chi connectivity index (χ2v) is 31.4. The van der Waals surface area contributed by atoms with Crippen LogP contribution in [-0.4, -0.2) is 26.4 Å². The number of rotatable bonds is 10. The number of halogens is 1. The van der Waals surface area contributed by atoms with Crippen LogP contribution in [0.15, 0.2) is 200 Å². The van der Waals surface area contributed by atoms with Gasteiger partial charge in [-0.25, -0.2) is 4.39 Å². The summed E-state index contributed by atoms with van der Waals surface area (Å²) in [5.41, 5.74) is 10.7. The van der Waals surface area contributed by atoms with Crippen molar-refractivity contribution in [2.24, 2.45) is 37.9 Å².